The molecule has 1 saturated heterocycles. The summed E-state index contributed by atoms with van der Waals surface area (Å²) in [4.78, 5) is 0. The van der Waals surface area contributed by atoms with E-state index in [1.165, 1.54) is 7.11 Å². The first-order valence-electron chi connectivity index (χ1n) is 6.52. The summed E-state index contributed by atoms with van der Waals surface area (Å²) in [6.45, 7) is 0.769. The number of rotatable bonds is 5. The van der Waals surface area contributed by atoms with E-state index in [1.54, 1.807) is 0 Å². The van der Waals surface area contributed by atoms with Gasteiger partial charge in [-0.15, -0.1) is 0 Å². The summed E-state index contributed by atoms with van der Waals surface area (Å²) in [6, 6.07) is 1.66. The Labute approximate surface area is 111 Å². The van der Waals surface area contributed by atoms with Crippen LogP contribution in [0.5, 0.6) is 5.75 Å². The first-order chi connectivity index (χ1) is 9.11. The van der Waals surface area contributed by atoms with Crippen LogP contribution >= 0.6 is 0 Å². The van der Waals surface area contributed by atoms with Crippen molar-refractivity contribution in [3.8, 4) is 5.75 Å². The molecule has 2 unspecified atom stereocenters. The normalized spacial score (nSPS) is 20.5. The first-order valence-corrected chi connectivity index (χ1v) is 6.52. The molecule has 1 aliphatic rings. The van der Waals surface area contributed by atoms with E-state index >= 15 is 0 Å². The maximum Gasteiger partial charge on any atom is 0.134 e. The lowest BCUT2D eigenvalue weighted by Crippen LogP contribution is -2.17. The van der Waals surface area contributed by atoms with Crippen molar-refractivity contribution in [1.82, 2.24) is 0 Å². The Balaban J connectivity index is 2.03. The van der Waals surface area contributed by atoms with Gasteiger partial charge in [-0.1, -0.05) is 0 Å². The smallest absolute Gasteiger partial charge is 0.134 e. The van der Waals surface area contributed by atoms with Crippen molar-refractivity contribution < 1.29 is 18.3 Å². The van der Waals surface area contributed by atoms with Gasteiger partial charge in [0.25, 0.3) is 0 Å². The van der Waals surface area contributed by atoms with E-state index < -0.39 is 17.7 Å². The molecular formula is C14H19F2NO2. The lowest BCUT2D eigenvalue weighted by atomic mass is 9.99. The molecule has 0 aromatic heterocycles. The molecule has 19 heavy (non-hydrogen) atoms. The summed E-state index contributed by atoms with van der Waals surface area (Å²) in [7, 11) is 1.37. The van der Waals surface area contributed by atoms with Crippen molar-refractivity contribution in [1.29, 1.82) is 0 Å². The summed E-state index contributed by atoms with van der Waals surface area (Å²) < 4.78 is 37.9. The molecule has 0 saturated carbocycles. The number of hydrogen-bond acceptors (Lipinski definition) is 3. The van der Waals surface area contributed by atoms with Crippen LogP contribution in [-0.4, -0.2) is 19.8 Å². The zero-order valence-corrected chi connectivity index (χ0v) is 11.0. The van der Waals surface area contributed by atoms with E-state index in [2.05, 4.69) is 0 Å². The van der Waals surface area contributed by atoms with Crippen LogP contribution in [-0.2, 0) is 4.74 Å². The van der Waals surface area contributed by atoms with Crippen LogP contribution in [0.3, 0.4) is 0 Å². The average Bonchev–Trinajstić information content (AvgIpc) is 2.88. The van der Waals surface area contributed by atoms with Crippen molar-refractivity contribution >= 4 is 0 Å². The maximum atomic E-state index is 13.8. The van der Waals surface area contributed by atoms with Crippen LogP contribution in [0.25, 0.3) is 0 Å². The molecule has 1 aromatic carbocycles. The summed E-state index contributed by atoms with van der Waals surface area (Å²) in [5, 5.41) is 0. The molecule has 0 aliphatic carbocycles. The quantitative estimate of drug-likeness (QED) is 0.895. The zero-order chi connectivity index (χ0) is 13.8. The van der Waals surface area contributed by atoms with Gasteiger partial charge in [-0.25, -0.2) is 8.78 Å². The molecule has 0 radical (unpaired) electrons. The third-order valence-corrected chi connectivity index (χ3v) is 3.48. The van der Waals surface area contributed by atoms with Gasteiger partial charge in [0, 0.05) is 30.3 Å². The van der Waals surface area contributed by atoms with Crippen LogP contribution in [0.2, 0.25) is 0 Å². The molecule has 1 fully saturated rings. The van der Waals surface area contributed by atoms with E-state index in [4.69, 9.17) is 15.2 Å². The number of benzene rings is 1. The van der Waals surface area contributed by atoms with Crippen molar-refractivity contribution in [3.63, 3.8) is 0 Å². The van der Waals surface area contributed by atoms with E-state index in [0.29, 0.717) is 6.42 Å². The maximum absolute atomic E-state index is 13.8. The van der Waals surface area contributed by atoms with Crippen LogP contribution in [0.4, 0.5) is 8.78 Å². The van der Waals surface area contributed by atoms with Crippen LogP contribution in [0.15, 0.2) is 12.1 Å². The number of nitrogens with two attached hydrogens (primary N) is 1. The van der Waals surface area contributed by atoms with E-state index in [1.807, 2.05) is 0 Å². The summed E-state index contributed by atoms with van der Waals surface area (Å²) in [5.74, 6) is -1.15. The van der Waals surface area contributed by atoms with Crippen molar-refractivity contribution in [2.75, 3.05) is 13.7 Å². The van der Waals surface area contributed by atoms with Gasteiger partial charge in [0.2, 0.25) is 0 Å². The molecule has 1 heterocycles. The Kier molecular flexibility index (Phi) is 4.71. The van der Waals surface area contributed by atoms with Gasteiger partial charge in [-0.05, 0) is 25.7 Å². The summed E-state index contributed by atoms with van der Waals surface area (Å²) in [6.07, 6.45) is 3.46. The number of ether oxygens (including phenoxy) is 2. The van der Waals surface area contributed by atoms with E-state index in [9.17, 15) is 8.78 Å². The van der Waals surface area contributed by atoms with Gasteiger partial charge < -0.3 is 15.2 Å². The highest BCUT2D eigenvalue weighted by molar-refractivity contribution is 5.32. The van der Waals surface area contributed by atoms with Crippen LogP contribution in [0, 0.1) is 11.6 Å². The fourth-order valence-corrected chi connectivity index (χ4v) is 2.41. The van der Waals surface area contributed by atoms with Crippen molar-refractivity contribution in [2.24, 2.45) is 5.73 Å². The predicted molar refractivity (Wildman–Crippen MR) is 68.0 cm³/mol. The van der Waals surface area contributed by atoms with Gasteiger partial charge >= 0.3 is 0 Å². The lowest BCUT2D eigenvalue weighted by Gasteiger charge is -2.17. The number of halogens is 2. The van der Waals surface area contributed by atoms with Crippen molar-refractivity contribution in [3.05, 3.63) is 29.3 Å². The Morgan fingerprint density at radius 3 is 2.63 bits per heavy atom. The largest absolute Gasteiger partial charge is 0.497 e. The fourth-order valence-electron chi connectivity index (χ4n) is 2.41. The summed E-state index contributed by atoms with van der Waals surface area (Å²) in [5.41, 5.74) is 5.82. The predicted octanol–water partition coefficient (Wildman–Crippen LogP) is 2.93. The van der Waals surface area contributed by atoms with Gasteiger partial charge in [0.1, 0.15) is 17.4 Å². The lowest BCUT2D eigenvalue weighted by molar-refractivity contribution is 0.100. The molecule has 5 heteroatoms. The third-order valence-electron chi connectivity index (χ3n) is 3.48. The highest BCUT2D eigenvalue weighted by atomic mass is 19.1. The van der Waals surface area contributed by atoms with Gasteiger partial charge in [0.15, 0.2) is 0 Å². The molecule has 106 valence electrons. The Bertz CT molecular complexity index is 410. The van der Waals surface area contributed by atoms with Gasteiger partial charge in [0.05, 0.1) is 13.2 Å². The zero-order valence-electron chi connectivity index (χ0n) is 11.0. The number of hydrogen-bond donors (Lipinski definition) is 1. The van der Waals surface area contributed by atoms with E-state index in [-0.39, 0.29) is 17.4 Å². The minimum absolute atomic E-state index is 0.0706. The molecular weight excluding hydrogens is 252 g/mol. The minimum atomic E-state index is -0.657. The molecule has 3 nitrogen and oxygen atoms in total. The van der Waals surface area contributed by atoms with Gasteiger partial charge in [-0.3, -0.25) is 0 Å². The second-order valence-electron chi connectivity index (χ2n) is 4.82. The van der Waals surface area contributed by atoms with Gasteiger partial charge in [-0.2, -0.15) is 0 Å². The molecule has 1 aromatic rings. The van der Waals surface area contributed by atoms with Crippen LogP contribution in [0.1, 0.15) is 37.3 Å². The standard InChI is InChI=1S/C14H19F2NO2/c1-18-10-7-11(15)14(12(16)8-10)13(17)5-4-9-3-2-6-19-9/h7-9,13H,2-6,17H2,1H3. The van der Waals surface area contributed by atoms with E-state index in [0.717, 1.165) is 38.0 Å². The Hall–Kier alpha value is -1.20. The minimum Gasteiger partial charge on any atom is -0.497 e. The van der Waals surface area contributed by atoms with Crippen LogP contribution < -0.4 is 10.5 Å². The molecule has 1 aliphatic heterocycles. The molecule has 2 N–H and O–H groups in total. The SMILES string of the molecule is COc1cc(F)c(C(N)CCC2CCCO2)c(F)c1. The Morgan fingerprint density at radius 2 is 2.11 bits per heavy atom. The highest BCUT2D eigenvalue weighted by Crippen LogP contribution is 2.28. The third kappa shape index (κ3) is 3.42. The molecule has 0 amide bonds. The van der Waals surface area contributed by atoms with Crippen molar-refractivity contribution in [2.45, 2.75) is 37.8 Å². The second-order valence-corrected chi connectivity index (χ2v) is 4.82. The first kappa shape index (κ1) is 14.2. The topological polar surface area (TPSA) is 44.5 Å². The average molecular weight is 271 g/mol. The second kappa shape index (κ2) is 6.30. The molecule has 0 spiro atoms. The molecule has 0 bridgehead atoms. The fraction of sp³-hybridized carbons (Fsp3) is 0.571. The molecule has 2 atom stereocenters. The molecule has 2 rings (SSSR count). The Morgan fingerprint density at radius 1 is 1.42 bits per heavy atom. The monoisotopic (exact) mass is 271 g/mol. The summed E-state index contributed by atoms with van der Waals surface area (Å²) >= 11 is 0. The number of methoxy groups -OCH3 is 1. The highest BCUT2D eigenvalue weighted by Gasteiger charge is 2.21.